The summed E-state index contributed by atoms with van der Waals surface area (Å²) < 4.78 is 8.11. The Kier molecular flexibility index (Phi) is 7.85. The minimum absolute atomic E-state index is 0.0800. The van der Waals surface area contributed by atoms with Crippen LogP contribution in [0.1, 0.15) is 48.0 Å². The van der Waals surface area contributed by atoms with Crippen molar-refractivity contribution in [2.45, 2.75) is 59.3 Å². The zero-order chi connectivity index (χ0) is 23.4. The molecule has 0 bridgehead atoms. The van der Waals surface area contributed by atoms with Crippen molar-refractivity contribution in [2.75, 3.05) is 11.1 Å². The van der Waals surface area contributed by atoms with Gasteiger partial charge in [0.25, 0.3) is 0 Å². The number of carbonyl (C=O) groups is 1. The minimum atomic E-state index is -0.305. The first-order valence-electron chi connectivity index (χ1n) is 10.5. The van der Waals surface area contributed by atoms with E-state index in [1.165, 1.54) is 11.8 Å². The van der Waals surface area contributed by atoms with Crippen molar-refractivity contribution in [3.8, 4) is 5.75 Å². The maximum Gasteiger partial charge on any atom is 0.234 e. The highest BCUT2D eigenvalue weighted by atomic mass is 35.5. The van der Waals surface area contributed by atoms with E-state index in [2.05, 4.69) is 21.6 Å². The molecule has 6 nitrogen and oxygen atoms in total. The standard InChI is InChI=1S/C24H29ClN4O2S/c1-7-29-23(18(6)31-20-11-16(4)22(25)17(5)12-20)27-28-24(29)32-13-21(30)26-19-9-14(2)8-15(3)10-19/h8-12,18H,7,13H2,1-6H3,(H,26,30). The topological polar surface area (TPSA) is 69.0 Å². The summed E-state index contributed by atoms with van der Waals surface area (Å²) in [5.74, 6) is 1.62. The van der Waals surface area contributed by atoms with E-state index in [0.717, 1.165) is 44.5 Å². The van der Waals surface area contributed by atoms with Crippen LogP contribution >= 0.6 is 23.4 Å². The van der Waals surface area contributed by atoms with Gasteiger partial charge >= 0.3 is 0 Å². The molecule has 1 amide bonds. The van der Waals surface area contributed by atoms with Crippen molar-refractivity contribution in [2.24, 2.45) is 0 Å². The molecule has 0 saturated carbocycles. The summed E-state index contributed by atoms with van der Waals surface area (Å²) in [4.78, 5) is 12.5. The van der Waals surface area contributed by atoms with Crippen LogP contribution in [0.2, 0.25) is 5.02 Å². The molecule has 1 atom stereocenters. The summed E-state index contributed by atoms with van der Waals surface area (Å²) in [7, 11) is 0. The molecule has 0 fully saturated rings. The lowest BCUT2D eigenvalue weighted by Crippen LogP contribution is -2.15. The summed E-state index contributed by atoms with van der Waals surface area (Å²) in [5, 5.41) is 13.0. The van der Waals surface area contributed by atoms with Gasteiger partial charge in [0.2, 0.25) is 5.91 Å². The van der Waals surface area contributed by atoms with Crippen LogP contribution in [0.3, 0.4) is 0 Å². The average Bonchev–Trinajstić information content (AvgIpc) is 3.12. The Morgan fingerprint density at radius 3 is 2.31 bits per heavy atom. The molecule has 0 spiro atoms. The number of ether oxygens (including phenoxy) is 1. The fraction of sp³-hybridized carbons (Fsp3) is 0.375. The van der Waals surface area contributed by atoms with Gasteiger partial charge in [-0.05, 0) is 88.1 Å². The third kappa shape index (κ3) is 5.84. The third-order valence-electron chi connectivity index (χ3n) is 4.99. The number of nitrogens with one attached hydrogen (secondary N) is 1. The molecule has 2 aromatic carbocycles. The molecule has 170 valence electrons. The predicted octanol–water partition coefficient (Wildman–Crippen LogP) is 6.06. The summed E-state index contributed by atoms with van der Waals surface area (Å²) >= 11 is 7.63. The average molecular weight is 473 g/mol. The predicted molar refractivity (Wildman–Crippen MR) is 131 cm³/mol. The van der Waals surface area contributed by atoms with Gasteiger partial charge in [0.05, 0.1) is 5.75 Å². The number of rotatable bonds is 8. The molecule has 1 heterocycles. The molecule has 0 aliphatic rings. The van der Waals surface area contributed by atoms with Crippen LogP contribution < -0.4 is 10.1 Å². The van der Waals surface area contributed by atoms with Crippen molar-refractivity contribution in [1.82, 2.24) is 14.8 Å². The van der Waals surface area contributed by atoms with Crippen molar-refractivity contribution >= 4 is 35.0 Å². The quantitative estimate of drug-likeness (QED) is 0.404. The van der Waals surface area contributed by atoms with Gasteiger partial charge in [0, 0.05) is 17.3 Å². The normalized spacial score (nSPS) is 12.0. The molecule has 3 aromatic rings. The van der Waals surface area contributed by atoms with Crippen LogP contribution in [0.15, 0.2) is 35.5 Å². The highest BCUT2D eigenvalue weighted by molar-refractivity contribution is 7.99. The number of carbonyl (C=O) groups excluding carboxylic acids is 1. The Balaban J connectivity index is 1.67. The van der Waals surface area contributed by atoms with E-state index in [0.29, 0.717) is 11.7 Å². The first-order valence-corrected chi connectivity index (χ1v) is 11.9. The summed E-state index contributed by atoms with van der Waals surface area (Å²) in [6.07, 6.45) is -0.305. The Labute approximate surface area is 198 Å². The van der Waals surface area contributed by atoms with E-state index in [9.17, 15) is 4.79 Å². The molecule has 32 heavy (non-hydrogen) atoms. The van der Waals surface area contributed by atoms with E-state index in [4.69, 9.17) is 16.3 Å². The first kappa shape index (κ1) is 24.1. The van der Waals surface area contributed by atoms with Crippen LogP contribution in [0.5, 0.6) is 5.75 Å². The maximum absolute atomic E-state index is 12.5. The summed E-state index contributed by atoms with van der Waals surface area (Å²) in [6, 6.07) is 9.84. The molecule has 0 aliphatic heterocycles. The number of nitrogens with zero attached hydrogens (tertiary/aromatic N) is 3. The molecular formula is C24H29ClN4O2S. The van der Waals surface area contributed by atoms with Crippen LogP contribution in [-0.4, -0.2) is 26.4 Å². The Hall–Kier alpha value is -2.51. The number of thioether (sulfide) groups is 1. The lowest BCUT2D eigenvalue weighted by atomic mass is 10.1. The molecule has 0 saturated heterocycles. The van der Waals surface area contributed by atoms with Crippen molar-refractivity contribution < 1.29 is 9.53 Å². The lowest BCUT2D eigenvalue weighted by molar-refractivity contribution is -0.113. The van der Waals surface area contributed by atoms with Gasteiger partial charge in [-0.25, -0.2) is 0 Å². The molecule has 8 heteroatoms. The van der Waals surface area contributed by atoms with Crippen LogP contribution in [-0.2, 0) is 11.3 Å². The van der Waals surface area contributed by atoms with Crippen molar-refractivity contribution in [3.05, 3.63) is 63.4 Å². The second-order valence-corrected chi connectivity index (χ2v) is 9.25. The van der Waals surface area contributed by atoms with Gasteiger partial charge in [-0.15, -0.1) is 10.2 Å². The number of amides is 1. The van der Waals surface area contributed by atoms with E-state index >= 15 is 0 Å². The summed E-state index contributed by atoms with van der Waals surface area (Å²) in [5.41, 5.74) is 4.97. The van der Waals surface area contributed by atoms with Gasteiger partial charge in [0.15, 0.2) is 17.1 Å². The fourth-order valence-corrected chi connectivity index (χ4v) is 4.53. The number of hydrogen-bond acceptors (Lipinski definition) is 5. The minimum Gasteiger partial charge on any atom is -0.483 e. The van der Waals surface area contributed by atoms with Gasteiger partial charge in [-0.3, -0.25) is 4.79 Å². The van der Waals surface area contributed by atoms with Gasteiger partial charge in [0.1, 0.15) is 5.75 Å². The highest BCUT2D eigenvalue weighted by Gasteiger charge is 2.20. The summed E-state index contributed by atoms with van der Waals surface area (Å²) in [6.45, 7) is 12.6. The van der Waals surface area contributed by atoms with E-state index < -0.39 is 0 Å². The van der Waals surface area contributed by atoms with Crippen molar-refractivity contribution in [1.29, 1.82) is 0 Å². The van der Waals surface area contributed by atoms with Gasteiger partial charge < -0.3 is 14.6 Å². The second-order valence-electron chi connectivity index (χ2n) is 7.93. The highest BCUT2D eigenvalue weighted by Crippen LogP contribution is 2.29. The molecular weight excluding hydrogens is 444 g/mol. The monoisotopic (exact) mass is 472 g/mol. The number of hydrogen-bond donors (Lipinski definition) is 1. The van der Waals surface area contributed by atoms with Gasteiger partial charge in [-0.1, -0.05) is 29.4 Å². The fourth-order valence-electron chi connectivity index (χ4n) is 3.61. The van der Waals surface area contributed by atoms with E-state index in [1.807, 2.05) is 70.4 Å². The second kappa shape index (κ2) is 10.4. The molecule has 1 N–H and O–H groups in total. The van der Waals surface area contributed by atoms with E-state index in [-0.39, 0.29) is 17.8 Å². The zero-order valence-corrected chi connectivity index (χ0v) is 20.9. The van der Waals surface area contributed by atoms with E-state index in [1.54, 1.807) is 0 Å². The Morgan fingerprint density at radius 2 is 1.72 bits per heavy atom. The van der Waals surface area contributed by atoms with Crippen LogP contribution in [0, 0.1) is 27.7 Å². The number of aryl methyl sites for hydroxylation is 4. The number of anilines is 1. The molecule has 1 aromatic heterocycles. The van der Waals surface area contributed by atoms with Crippen molar-refractivity contribution in [3.63, 3.8) is 0 Å². The van der Waals surface area contributed by atoms with Crippen LogP contribution in [0.4, 0.5) is 5.69 Å². The van der Waals surface area contributed by atoms with Gasteiger partial charge in [-0.2, -0.15) is 0 Å². The Morgan fingerprint density at radius 1 is 1.09 bits per heavy atom. The first-order chi connectivity index (χ1) is 15.2. The number of halogens is 1. The third-order valence-corrected chi connectivity index (χ3v) is 6.55. The zero-order valence-electron chi connectivity index (χ0n) is 19.3. The largest absolute Gasteiger partial charge is 0.483 e. The molecule has 3 rings (SSSR count). The smallest absolute Gasteiger partial charge is 0.234 e. The maximum atomic E-state index is 12.5. The SMILES string of the molecule is CCn1c(SCC(=O)Nc2cc(C)cc(C)c2)nnc1C(C)Oc1cc(C)c(Cl)c(C)c1. The number of benzene rings is 2. The number of aromatic nitrogens is 3. The van der Waals surface area contributed by atoms with Crippen LogP contribution in [0.25, 0.3) is 0 Å². The molecule has 0 radical (unpaired) electrons. The molecule has 1 unspecified atom stereocenters. The molecule has 0 aliphatic carbocycles. The Bertz CT molecular complexity index is 1090. The lowest BCUT2D eigenvalue weighted by Gasteiger charge is -2.17.